The summed E-state index contributed by atoms with van der Waals surface area (Å²) >= 11 is 11.0. The maximum Gasteiger partial charge on any atom is 0.179 e. The molecule has 0 radical (unpaired) electrons. The van der Waals surface area contributed by atoms with Crippen molar-refractivity contribution in [1.82, 2.24) is 0 Å². The van der Waals surface area contributed by atoms with Gasteiger partial charge in [-0.1, -0.05) is 29.4 Å². The molecule has 0 N–H and O–H groups in total. The van der Waals surface area contributed by atoms with Crippen LogP contribution in [0.15, 0.2) is 78.5 Å². The molecule has 128 valence electrons. The smallest absolute Gasteiger partial charge is 0.179 e. The number of benzene rings is 2. The van der Waals surface area contributed by atoms with E-state index < -0.39 is 0 Å². The van der Waals surface area contributed by atoms with E-state index in [4.69, 9.17) is 20.8 Å². The Morgan fingerprint density at radius 1 is 1.20 bits per heavy atom. The number of furan rings is 1. The molecule has 3 nitrogen and oxygen atoms in total. The number of halogens is 2. The van der Waals surface area contributed by atoms with E-state index >= 15 is 0 Å². The first-order valence-corrected chi connectivity index (χ1v) is 9.62. The fraction of sp³-hybridized carbons (Fsp3) is 0.105. The number of hydrogen-bond acceptors (Lipinski definition) is 4. The first-order chi connectivity index (χ1) is 12.1. The monoisotopic (exact) mass is 435 g/mol. The van der Waals surface area contributed by atoms with Gasteiger partial charge in [0.1, 0.15) is 11.5 Å². The van der Waals surface area contributed by atoms with E-state index in [-0.39, 0.29) is 0 Å². The molecule has 1 heterocycles. The molecule has 0 atom stereocenters. The molecular weight excluding hydrogens is 422 g/mol. The first kappa shape index (κ1) is 18.1. The van der Waals surface area contributed by atoms with Crippen molar-refractivity contribution >= 4 is 51.2 Å². The second kappa shape index (κ2) is 8.61. The highest BCUT2D eigenvalue weighted by atomic mass is 79.9. The Balaban J connectivity index is 1.73. The van der Waals surface area contributed by atoms with Crippen molar-refractivity contribution in [3.05, 3.63) is 69.9 Å². The van der Waals surface area contributed by atoms with Gasteiger partial charge >= 0.3 is 0 Å². The Labute approximate surface area is 164 Å². The predicted octanol–water partition coefficient (Wildman–Crippen LogP) is 7.00. The highest BCUT2D eigenvalue weighted by Gasteiger charge is 2.09. The molecule has 0 amide bonds. The lowest BCUT2D eigenvalue weighted by Gasteiger charge is -2.02. The standard InChI is InChI=1S/C19H15BrClNO2S/c1-2-23-15-5-3-4-14(10-15)22-12-16-11-18(20)19(24-16)25-17-8-6-13(21)7-9-17/h3-12H,2H2,1H3. The van der Waals surface area contributed by atoms with Gasteiger partial charge in [-0.05, 0) is 59.3 Å². The van der Waals surface area contributed by atoms with Crippen LogP contribution in [0.2, 0.25) is 5.02 Å². The molecule has 0 bridgehead atoms. The maximum absolute atomic E-state index is 5.91. The van der Waals surface area contributed by atoms with Crippen LogP contribution in [0, 0.1) is 0 Å². The Bertz CT molecular complexity index is 877. The first-order valence-electron chi connectivity index (χ1n) is 7.63. The Morgan fingerprint density at radius 3 is 2.76 bits per heavy atom. The van der Waals surface area contributed by atoms with E-state index in [9.17, 15) is 0 Å². The van der Waals surface area contributed by atoms with Gasteiger partial charge in [0.05, 0.1) is 23.0 Å². The van der Waals surface area contributed by atoms with E-state index in [1.54, 1.807) is 6.21 Å². The summed E-state index contributed by atoms with van der Waals surface area (Å²) in [5.74, 6) is 1.47. The Morgan fingerprint density at radius 2 is 2.00 bits per heavy atom. The van der Waals surface area contributed by atoms with Crippen LogP contribution in [-0.4, -0.2) is 12.8 Å². The number of nitrogens with zero attached hydrogens (tertiary/aromatic N) is 1. The summed E-state index contributed by atoms with van der Waals surface area (Å²) < 4.78 is 12.2. The van der Waals surface area contributed by atoms with Gasteiger partial charge in [0, 0.05) is 22.1 Å². The Kier molecular flexibility index (Phi) is 6.24. The third-order valence-electron chi connectivity index (χ3n) is 3.17. The van der Waals surface area contributed by atoms with E-state index in [0.717, 1.165) is 25.9 Å². The summed E-state index contributed by atoms with van der Waals surface area (Å²) in [6, 6.07) is 17.1. The van der Waals surface area contributed by atoms with Crippen LogP contribution in [0.3, 0.4) is 0 Å². The maximum atomic E-state index is 5.91. The van der Waals surface area contributed by atoms with Gasteiger partial charge in [0.15, 0.2) is 5.09 Å². The number of ether oxygens (including phenoxy) is 1. The van der Waals surface area contributed by atoms with Crippen LogP contribution in [0.5, 0.6) is 5.75 Å². The van der Waals surface area contributed by atoms with Gasteiger partial charge in [0.25, 0.3) is 0 Å². The lowest BCUT2D eigenvalue weighted by molar-refractivity contribution is 0.340. The summed E-state index contributed by atoms with van der Waals surface area (Å²) in [7, 11) is 0. The van der Waals surface area contributed by atoms with Gasteiger partial charge in [-0.3, -0.25) is 4.99 Å². The van der Waals surface area contributed by atoms with Gasteiger partial charge in [-0.2, -0.15) is 0 Å². The van der Waals surface area contributed by atoms with Crippen molar-refractivity contribution < 1.29 is 9.15 Å². The zero-order valence-corrected chi connectivity index (χ0v) is 16.6. The second-order valence-electron chi connectivity index (χ2n) is 5.03. The van der Waals surface area contributed by atoms with Crippen LogP contribution in [0.25, 0.3) is 0 Å². The van der Waals surface area contributed by atoms with Gasteiger partial charge in [0.2, 0.25) is 0 Å². The van der Waals surface area contributed by atoms with Crippen molar-refractivity contribution in [1.29, 1.82) is 0 Å². The summed E-state index contributed by atoms with van der Waals surface area (Å²) in [4.78, 5) is 5.49. The van der Waals surface area contributed by atoms with Crippen LogP contribution in [0.4, 0.5) is 5.69 Å². The van der Waals surface area contributed by atoms with Gasteiger partial charge in [-0.25, -0.2) is 0 Å². The molecular formula is C19H15BrClNO2S. The molecule has 0 aliphatic rings. The summed E-state index contributed by atoms with van der Waals surface area (Å²) in [6.07, 6.45) is 1.70. The van der Waals surface area contributed by atoms with Crippen LogP contribution < -0.4 is 4.74 Å². The SMILES string of the molecule is CCOc1cccc(N=Cc2cc(Br)c(Sc3ccc(Cl)cc3)o2)c1. The summed E-state index contributed by atoms with van der Waals surface area (Å²) in [5, 5.41) is 1.48. The minimum absolute atomic E-state index is 0.629. The molecule has 0 aliphatic heterocycles. The second-order valence-corrected chi connectivity index (χ2v) is 7.37. The zero-order chi connectivity index (χ0) is 17.6. The van der Waals surface area contributed by atoms with E-state index in [2.05, 4.69) is 20.9 Å². The number of aliphatic imine (C=N–C) groups is 1. The quantitative estimate of drug-likeness (QED) is 0.390. The van der Waals surface area contributed by atoms with Crippen molar-refractivity contribution in [2.75, 3.05) is 6.61 Å². The number of rotatable bonds is 6. The van der Waals surface area contributed by atoms with Crippen molar-refractivity contribution in [3.8, 4) is 5.75 Å². The van der Waals surface area contributed by atoms with Crippen molar-refractivity contribution in [2.24, 2.45) is 4.99 Å². The molecule has 0 aliphatic carbocycles. The highest BCUT2D eigenvalue weighted by Crippen LogP contribution is 2.36. The van der Waals surface area contributed by atoms with Gasteiger partial charge < -0.3 is 9.15 Å². The van der Waals surface area contributed by atoms with Crippen LogP contribution >= 0.6 is 39.3 Å². The van der Waals surface area contributed by atoms with E-state index in [1.807, 2.05) is 61.5 Å². The average molecular weight is 437 g/mol. The lowest BCUT2D eigenvalue weighted by Crippen LogP contribution is -1.90. The van der Waals surface area contributed by atoms with Gasteiger partial charge in [-0.15, -0.1) is 0 Å². The topological polar surface area (TPSA) is 34.7 Å². The molecule has 0 spiro atoms. The fourth-order valence-corrected chi connectivity index (χ4v) is 3.53. The number of hydrogen-bond donors (Lipinski definition) is 0. The molecule has 3 aromatic rings. The molecule has 0 saturated carbocycles. The predicted molar refractivity (Wildman–Crippen MR) is 107 cm³/mol. The molecule has 0 unspecified atom stereocenters. The van der Waals surface area contributed by atoms with Crippen LogP contribution in [0.1, 0.15) is 12.7 Å². The molecule has 3 rings (SSSR count). The molecule has 25 heavy (non-hydrogen) atoms. The molecule has 6 heteroatoms. The summed E-state index contributed by atoms with van der Waals surface area (Å²) in [6.45, 7) is 2.58. The molecule has 1 aromatic heterocycles. The molecule has 2 aromatic carbocycles. The minimum Gasteiger partial charge on any atom is -0.494 e. The third-order valence-corrected chi connectivity index (χ3v) is 5.27. The van der Waals surface area contributed by atoms with Crippen molar-refractivity contribution in [3.63, 3.8) is 0 Å². The summed E-state index contributed by atoms with van der Waals surface area (Å²) in [5.41, 5.74) is 0.811. The zero-order valence-electron chi connectivity index (χ0n) is 13.4. The molecule has 0 saturated heterocycles. The van der Waals surface area contributed by atoms with Crippen LogP contribution in [-0.2, 0) is 0 Å². The third kappa shape index (κ3) is 5.14. The normalized spacial score (nSPS) is 11.2. The van der Waals surface area contributed by atoms with E-state index in [1.165, 1.54) is 11.8 Å². The highest BCUT2D eigenvalue weighted by molar-refractivity contribution is 9.10. The lowest BCUT2D eigenvalue weighted by atomic mass is 10.3. The van der Waals surface area contributed by atoms with Crippen molar-refractivity contribution in [2.45, 2.75) is 16.9 Å². The Hall–Kier alpha value is -1.69. The minimum atomic E-state index is 0.629. The van der Waals surface area contributed by atoms with E-state index in [0.29, 0.717) is 17.4 Å². The largest absolute Gasteiger partial charge is 0.494 e. The fourth-order valence-electron chi connectivity index (χ4n) is 2.07. The molecule has 0 fully saturated rings. The average Bonchev–Trinajstić information content (AvgIpc) is 2.96.